The predicted octanol–water partition coefficient (Wildman–Crippen LogP) is 5.35. The number of hydrogen-bond acceptors (Lipinski definition) is 11. The maximum Gasteiger partial charge on any atom is 0.416 e. The van der Waals surface area contributed by atoms with E-state index in [9.17, 15) is 62.4 Å². The lowest BCUT2D eigenvalue weighted by molar-refractivity contribution is -0.138. The molecule has 0 saturated heterocycles. The Morgan fingerprint density at radius 1 is 0.471 bits per heavy atom. The van der Waals surface area contributed by atoms with Crippen molar-refractivity contribution in [2.45, 2.75) is 22.1 Å². The van der Waals surface area contributed by atoms with Crippen LogP contribution in [0.15, 0.2) is 94.7 Å². The monoisotopic (exact) mass is 756 g/mol. The Morgan fingerprint density at radius 3 is 1.18 bits per heavy atom. The first-order valence-corrected chi connectivity index (χ1v) is 16.5. The van der Waals surface area contributed by atoms with Gasteiger partial charge in [0, 0.05) is 0 Å². The molecule has 264 valence electrons. The summed E-state index contributed by atoms with van der Waals surface area (Å²) in [7, 11) is -10.3. The number of benzene rings is 4. The van der Waals surface area contributed by atoms with Gasteiger partial charge in [-0.05, 0) is 72.8 Å². The lowest BCUT2D eigenvalue weighted by Crippen LogP contribution is -2.32. The number of ether oxygens (including phenoxy) is 1. The predicted molar refractivity (Wildman–Crippen MR) is 153 cm³/mol. The van der Waals surface area contributed by atoms with Gasteiger partial charge in [-0.1, -0.05) is 12.1 Å². The fourth-order valence-electron chi connectivity index (χ4n) is 4.73. The average Bonchev–Trinajstić information content (AvgIpc) is 3.43. The lowest BCUT2D eigenvalue weighted by Gasteiger charge is -2.14. The van der Waals surface area contributed by atoms with E-state index in [2.05, 4.69) is 8.57 Å². The number of rotatable bonds is 8. The zero-order valence-corrected chi connectivity index (χ0v) is 26.2. The van der Waals surface area contributed by atoms with Crippen LogP contribution < -0.4 is 4.74 Å². The zero-order chi connectivity index (χ0) is 37.3. The molecule has 4 aromatic rings. The van der Waals surface area contributed by atoms with Crippen LogP contribution in [0.4, 0.5) is 26.3 Å². The molecule has 13 nitrogen and oxygen atoms in total. The van der Waals surface area contributed by atoms with Gasteiger partial charge in [-0.25, -0.2) is 0 Å². The van der Waals surface area contributed by atoms with E-state index >= 15 is 0 Å². The topological polar surface area (TPSA) is 171 Å². The van der Waals surface area contributed by atoms with Crippen molar-refractivity contribution in [3.63, 3.8) is 0 Å². The summed E-state index contributed by atoms with van der Waals surface area (Å²) < 4.78 is 144. The number of hydrogen-bond donors (Lipinski definition) is 0. The van der Waals surface area contributed by atoms with E-state index in [4.69, 9.17) is 4.74 Å². The van der Waals surface area contributed by atoms with E-state index in [1.165, 1.54) is 0 Å². The van der Waals surface area contributed by atoms with Crippen molar-refractivity contribution in [2.75, 3.05) is 0 Å². The molecule has 2 heterocycles. The summed E-state index contributed by atoms with van der Waals surface area (Å²) in [6.45, 7) is 0. The van der Waals surface area contributed by atoms with Crippen molar-refractivity contribution < 1.29 is 75.7 Å². The Morgan fingerprint density at radius 2 is 0.824 bits per heavy atom. The van der Waals surface area contributed by atoms with Crippen molar-refractivity contribution in [3.05, 3.63) is 118 Å². The number of hydroxylamine groups is 4. The van der Waals surface area contributed by atoms with E-state index in [1.807, 2.05) is 0 Å². The Labute approximate surface area is 281 Å². The second-order valence-electron chi connectivity index (χ2n) is 10.4. The van der Waals surface area contributed by atoms with E-state index in [1.54, 1.807) is 0 Å². The number of nitrogens with zero attached hydrogens (tertiary/aromatic N) is 2. The van der Waals surface area contributed by atoms with Crippen molar-refractivity contribution in [1.29, 1.82) is 0 Å². The molecule has 0 atom stereocenters. The Hall–Kier alpha value is -5.64. The average molecular weight is 757 g/mol. The van der Waals surface area contributed by atoms with E-state index in [0.29, 0.717) is 12.1 Å². The number of alkyl halides is 6. The standard InChI is InChI=1S/C30H14F6N2O11S2/c31-29(32,33)15-3-1-5-19(11-15)50(43,44)48-37-25(39)21-9-7-17(13-23(21)27(37)41)47-18-8-10-22-24(14-18)28(42)38(26(22)40)49-51(45,46)20-6-2-4-16(12-20)30(34,35)36/h1-14H. The molecule has 0 aromatic heterocycles. The molecule has 51 heavy (non-hydrogen) atoms. The quantitative estimate of drug-likeness (QED) is 0.168. The highest BCUT2D eigenvalue weighted by molar-refractivity contribution is 7.87. The molecule has 0 fully saturated rings. The van der Waals surface area contributed by atoms with Crippen LogP contribution in [0.1, 0.15) is 52.6 Å². The Balaban J connectivity index is 1.19. The minimum Gasteiger partial charge on any atom is -0.457 e. The highest BCUT2D eigenvalue weighted by Crippen LogP contribution is 2.36. The summed E-state index contributed by atoms with van der Waals surface area (Å²) in [5.74, 6) is -5.62. The molecule has 4 aromatic carbocycles. The molecule has 0 radical (unpaired) electrons. The van der Waals surface area contributed by atoms with Gasteiger partial charge in [0.25, 0.3) is 23.6 Å². The third kappa shape index (κ3) is 6.54. The zero-order valence-electron chi connectivity index (χ0n) is 24.6. The fourth-order valence-corrected chi connectivity index (χ4v) is 6.60. The van der Waals surface area contributed by atoms with Crippen molar-refractivity contribution in [3.8, 4) is 11.5 Å². The van der Waals surface area contributed by atoms with Gasteiger partial charge < -0.3 is 4.74 Å². The van der Waals surface area contributed by atoms with Crippen LogP contribution in [0, 0.1) is 0 Å². The molecule has 2 aliphatic rings. The first-order chi connectivity index (χ1) is 23.7. The van der Waals surface area contributed by atoms with Gasteiger partial charge in [-0.15, -0.1) is 18.7 Å². The summed E-state index contributed by atoms with van der Waals surface area (Å²) in [4.78, 5) is 49.6. The summed E-state index contributed by atoms with van der Waals surface area (Å²) in [6.07, 6.45) is -9.83. The van der Waals surface area contributed by atoms with Crippen LogP contribution in [0.25, 0.3) is 0 Å². The molecule has 4 amide bonds. The molecule has 0 bridgehead atoms. The third-order valence-corrected chi connectivity index (χ3v) is 9.48. The maximum atomic E-state index is 13.1. The summed E-state index contributed by atoms with van der Waals surface area (Å²) in [5, 5.41) is -0.350. The summed E-state index contributed by atoms with van der Waals surface area (Å²) in [5.41, 5.74) is -4.34. The van der Waals surface area contributed by atoms with Crippen molar-refractivity contribution in [1.82, 2.24) is 10.1 Å². The molecule has 0 spiro atoms. The molecule has 21 heteroatoms. The highest BCUT2D eigenvalue weighted by atomic mass is 32.2. The smallest absolute Gasteiger partial charge is 0.416 e. The molecule has 0 aliphatic carbocycles. The van der Waals surface area contributed by atoms with Crippen molar-refractivity contribution >= 4 is 43.9 Å². The molecule has 6 rings (SSSR count). The van der Waals surface area contributed by atoms with Gasteiger partial charge in [0.1, 0.15) is 11.5 Å². The van der Waals surface area contributed by atoms with Gasteiger partial charge in [0.05, 0.1) is 43.2 Å². The number of amides is 4. The van der Waals surface area contributed by atoms with Gasteiger partial charge in [0.2, 0.25) is 0 Å². The Kier molecular flexibility index (Phi) is 8.28. The lowest BCUT2D eigenvalue weighted by atomic mass is 10.1. The second kappa shape index (κ2) is 12.0. The van der Waals surface area contributed by atoms with Gasteiger partial charge in [0.15, 0.2) is 0 Å². The third-order valence-electron chi connectivity index (χ3n) is 7.12. The maximum absolute atomic E-state index is 13.1. The van der Waals surface area contributed by atoms with Gasteiger partial charge >= 0.3 is 32.6 Å². The van der Waals surface area contributed by atoms with Crippen LogP contribution >= 0.6 is 0 Å². The molecule has 0 saturated carbocycles. The highest BCUT2D eigenvalue weighted by Gasteiger charge is 2.43. The second-order valence-corrected chi connectivity index (χ2v) is 13.5. The first-order valence-electron chi connectivity index (χ1n) is 13.6. The summed E-state index contributed by atoms with van der Waals surface area (Å²) in [6, 6.07) is 11.0. The van der Waals surface area contributed by atoms with Crippen molar-refractivity contribution in [2.24, 2.45) is 0 Å². The number of imide groups is 2. The molecule has 0 unspecified atom stereocenters. The number of fused-ring (bicyclic) bond motifs is 2. The molecular formula is C30H14F6N2O11S2. The minimum atomic E-state index is -5.13. The van der Waals surface area contributed by atoms with Crippen LogP contribution in [-0.4, -0.2) is 50.6 Å². The molecule has 0 N–H and O–H groups in total. The minimum absolute atomic E-state index is 0.175. The van der Waals surface area contributed by atoms with Crippen LogP contribution in [0.3, 0.4) is 0 Å². The van der Waals surface area contributed by atoms with Gasteiger partial charge in [-0.3, -0.25) is 19.2 Å². The normalized spacial score (nSPS) is 15.0. The van der Waals surface area contributed by atoms with E-state index in [0.717, 1.165) is 60.7 Å². The number of carbonyl (C=O) groups is 4. The first kappa shape index (κ1) is 35.2. The van der Waals surface area contributed by atoms with Crippen LogP contribution in [0.2, 0.25) is 0 Å². The number of halogens is 6. The largest absolute Gasteiger partial charge is 0.457 e. The SMILES string of the molecule is O=C1c2ccc(Oc3ccc4c(c3)C(=O)N(OS(=O)(=O)c3cccc(C(F)(F)F)c3)C4=O)cc2C(=O)N1OS(=O)(=O)c1cccc(C(F)(F)F)c1. The van der Waals surface area contributed by atoms with E-state index < -0.39 is 88.3 Å². The van der Waals surface area contributed by atoms with Crippen LogP contribution in [0.5, 0.6) is 11.5 Å². The number of carbonyl (C=O) groups excluding carboxylic acids is 4. The molecule has 2 aliphatic heterocycles. The summed E-state index contributed by atoms with van der Waals surface area (Å²) >= 11 is 0. The van der Waals surface area contributed by atoms with Gasteiger partial charge in [-0.2, -0.15) is 43.2 Å². The Bertz CT molecular complexity index is 2250. The van der Waals surface area contributed by atoms with Crippen LogP contribution in [-0.2, 0) is 41.2 Å². The van der Waals surface area contributed by atoms with E-state index in [-0.39, 0.29) is 44.9 Å². The molecular weight excluding hydrogens is 742 g/mol. The fraction of sp³-hybridized carbons (Fsp3) is 0.0667.